The minimum absolute atomic E-state index is 0.109. The summed E-state index contributed by atoms with van der Waals surface area (Å²) >= 11 is 1.75. The summed E-state index contributed by atoms with van der Waals surface area (Å²) in [6, 6.07) is 28.8. The maximum atomic E-state index is 13.3. The summed E-state index contributed by atoms with van der Waals surface area (Å²) in [7, 11) is 0. The standard InChI is InChI=1S/C30H21NO2S/c1-30(2)20-10-4-3-9-19(20)29(32)21(30)15-18-16-25-28-27(17-18)34-26-14-8-6-12-23(26)31(28)22-11-5-7-13-24(22)33-25/h3-17H,1-2H3/b21-15+. The van der Waals surface area contributed by atoms with Gasteiger partial charge < -0.3 is 9.64 Å². The molecule has 164 valence electrons. The van der Waals surface area contributed by atoms with Crippen LogP contribution in [0, 0.1) is 0 Å². The molecule has 1 aliphatic carbocycles. The normalized spacial score (nSPS) is 17.5. The Morgan fingerprint density at radius 3 is 2.41 bits per heavy atom. The third-order valence-electron chi connectivity index (χ3n) is 7.01. The SMILES string of the molecule is CC1(C)/C(=C/c2cc3c4c(c2)Sc2ccccc2N4c2ccccc2O3)C(=O)c2ccccc21. The van der Waals surface area contributed by atoms with Crippen molar-refractivity contribution in [2.75, 3.05) is 4.90 Å². The molecule has 0 bridgehead atoms. The van der Waals surface area contributed by atoms with Gasteiger partial charge in [-0.15, -0.1) is 0 Å². The van der Waals surface area contributed by atoms with Crippen molar-refractivity contribution < 1.29 is 9.53 Å². The zero-order valence-corrected chi connectivity index (χ0v) is 19.6. The summed E-state index contributed by atoms with van der Waals surface area (Å²) in [6.07, 6.45) is 2.05. The molecule has 4 aromatic carbocycles. The average Bonchev–Trinajstić information content (AvgIpc) is 3.04. The first-order chi connectivity index (χ1) is 16.5. The van der Waals surface area contributed by atoms with Crippen molar-refractivity contribution in [1.29, 1.82) is 0 Å². The molecule has 0 aromatic heterocycles. The van der Waals surface area contributed by atoms with Gasteiger partial charge in [0, 0.05) is 26.3 Å². The first-order valence-corrected chi connectivity index (χ1v) is 12.2. The van der Waals surface area contributed by atoms with Gasteiger partial charge in [-0.3, -0.25) is 4.79 Å². The zero-order chi connectivity index (χ0) is 23.0. The Balaban J connectivity index is 1.42. The van der Waals surface area contributed by atoms with Crippen LogP contribution in [0.3, 0.4) is 0 Å². The lowest BCUT2D eigenvalue weighted by Crippen LogP contribution is -2.20. The van der Waals surface area contributed by atoms with Crippen LogP contribution in [-0.4, -0.2) is 5.78 Å². The minimum atomic E-state index is -0.347. The van der Waals surface area contributed by atoms with Gasteiger partial charge >= 0.3 is 0 Å². The molecule has 0 radical (unpaired) electrons. The molecule has 34 heavy (non-hydrogen) atoms. The van der Waals surface area contributed by atoms with Gasteiger partial charge in [0.25, 0.3) is 0 Å². The Morgan fingerprint density at radius 2 is 1.56 bits per heavy atom. The highest BCUT2D eigenvalue weighted by Crippen LogP contribution is 2.60. The van der Waals surface area contributed by atoms with Crippen LogP contribution in [0.15, 0.2) is 100 Å². The number of anilines is 3. The molecule has 0 fully saturated rings. The van der Waals surface area contributed by atoms with Crippen LogP contribution in [-0.2, 0) is 5.41 Å². The largest absolute Gasteiger partial charge is 0.453 e. The average molecular weight is 460 g/mol. The van der Waals surface area contributed by atoms with Crippen LogP contribution in [0.25, 0.3) is 6.08 Å². The van der Waals surface area contributed by atoms with E-state index >= 15 is 0 Å². The number of hydrogen-bond acceptors (Lipinski definition) is 4. The first-order valence-electron chi connectivity index (χ1n) is 11.4. The summed E-state index contributed by atoms with van der Waals surface area (Å²) < 4.78 is 6.42. The van der Waals surface area contributed by atoms with Crippen LogP contribution in [0.2, 0.25) is 0 Å². The van der Waals surface area contributed by atoms with Crippen molar-refractivity contribution in [2.24, 2.45) is 0 Å². The molecule has 0 saturated heterocycles. The van der Waals surface area contributed by atoms with Gasteiger partial charge in [0.15, 0.2) is 17.3 Å². The molecule has 0 N–H and O–H groups in total. The predicted molar refractivity (Wildman–Crippen MR) is 137 cm³/mol. The number of fused-ring (bicyclic) bond motifs is 5. The molecule has 0 amide bonds. The van der Waals surface area contributed by atoms with Gasteiger partial charge in [-0.1, -0.05) is 74.1 Å². The van der Waals surface area contributed by atoms with Gasteiger partial charge in [-0.2, -0.15) is 0 Å². The number of hydrogen-bond donors (Lipinski definition) is 0. The molecule has 2 heterocycles. The molecule has 4 heteroatoms. The van der Waals surface area contributed by atoms with E-state index in [0.717, 1.165) is 55.7 Å². The quantitative estimate of drug-likeness (QED) is 0.231. The second-order valence-electron chi connectivity index (χ2n) is 9.40. The van der Waals surface area contributed by atoms with Crippen molar-refractivity contribution in [1.82, 2.24) is 0 Å². The maximum Gasteiger partial charge on any atom is 0.190 e. The molecular formula is C30H21NO2S. The number of ketones is 1. The number of carbonyl (C=O) groups is 1. The van der Waals surface area contributed by atoms with Crippen LogP contribution < -0.4 is 9.64 Å². The van der Waals surface area contributed by atoms with E-state index in [-0.39, 0.29) is 11.2 Å². The van der Waals surface area contributed by atoms with E-state index in [4.69, 9.17) is 4.74 Å². The molecular weight excluding hydrogens is 438 g/mol. The third kappa shape index (κ3) is 2.63. The van der Waals surface area contributed by atoms with Crippen molar-refractivity contribution in [2.45, 2.75) is 29.1 Å². The number of Topliss-reactive ketones (excluding diaryl/α,β-unsaturated/α-hetero) is 1. The Kier molecular flexibility index (Phi) is 3.98. The van der Waals surface area contributed by atoms with Crippen LogP contribution >= 0.6 is 11.8 Å². The lowest BCUT2D eigenvalue weighted by atomic mass is 9.82. The fraction of sp³-hybridized carbons (Fsp3) is 0.100. The Labute approximate surface area is 202 Å². The molecule has 2 aliphatic heterocycles. The fourth-order valence-electron chi connectivity index (χ4n) is 5.34. The highest BCUT2D eigenvalue weighted by Gasteiger charge is 2.41. The smallest absolute Gasteiger partial charge is 0.190 e. The van der Waals surface area contributed by atoms with E-state index in [0.29, 0.717) is 0 Å². The van der Waals surface area contributed by atoms with Crippen LogP contribution in [0.4, 0.5) is 17.1 Å². The molecule has 3 aliphatic rings. The van der Waals surface area contributed by atoms with Gasteiger partial charge in [-0.25, -0.2) is 0 Å². The van der Waals surface area contributed by atoms with Gasteiger partial charge in [-0.05, 0) is 53.6 Å². The molecule has 0 spiro atoms. The lowest BCUT2D eigenvalue weighted by molar-refractivity contribution is 0.103. The van der Waals surface area contributed by atoms with Crippen molar-refractivity contribution in [3.63, 3.8) is 0 Å². The molecule has 0 atom stereocenters. The van der Waals surface area contributed by atoms with E-state index in [1.165, 1.54) is 4.90 Å². The highest BCUT2D eigenvalue weighted by atomic mass is 32.2. The zero-order valence-electron chi connectivity index (χ0n) is 18.8. The number of carbonyl (C=O) groups excluding carboxylic acids is 1. The molecule has 3 nitrogen and oxygen atoms in total. The Morgan fingerprint density at radius 1 is 0.824 bits per heavy atom. The summed E-state index contributed by atoms with van der Waals surface area (Å²) in [5.74, 6) is 1.75. The second kappa shape index (κ2) is 6.87. The van der Waals surface area contributed by atoms with Gasteiger partial charge in [0.05, 0.1) is 11.4 Å². The highest BCUT2D eigenvalue weighted by molar-refractivity contribution is 7.99. The molecule has 7 rings (SSSR count). The molecule has 0 saturated carbocycles. The summed E-state index contributed by atoms with van der Waals surface area (Å²) in [4.78, 5) is 18.0. The Bertz CT molecular complexity index is 1500. The van der Waals surface area contributed by atoms with Crippen molar-refractivity contribution in [3.05, 3.63) is 107 Å². The summed E-state index contributed by atoms with van der Waals surface area (Å²) in [5.41, 5.74) is 6.59. The van der Waals surface area contributed by atoms with E-state index in [9.17, 15) is 4.79 Å². The number of nitrogens with zero attached hydrogens (tertiary/aromatic N) is 1. The van der Waals surface area contributed by atoms with Crippen molar-refractivity contribution in [3.8, 4) is 11.5 Å². The van der Waals surface area contributed by atoms with E-state index in [2.05, 4.69) is 67.3 Å². The van der Waals surface area contributed by atoms with E-state index < -0.39 is 0 Å². The second-order valence-corrected chi connectivity index (χ2v) is 10.5. The van der Waals surface area contributed by atoms with Gasteiger partial charge in [0.1, 0.15) is 5.69 Å². The minimum Gasteiger partial charge on any atom is -0.453 e. The third-order valence-corrected chi connectivity index (χ3v) is 8.11. The first kappa shape index (κ1) is 19.7. The number of para-hydroxylation sites is 3. The molecule has 4 aromatic rings. The lowest BCUT2D eigenvalue weighted by Gasteiger charge is -2.38. The molecule has 0 unspecified atom stereocenters. The fourth-order valence-corrected chi connectivity index (χ4v) is 6.47. The topological polar surface area (TPSA) is 29.5 Å². The van der Waals surface area contributed by atoms with E-state index in [1.807, 2.05) is 42.5 Å². The summed E-state index contributed by atoms with van der Waals surface area (Å²) in [6.45, 7) is 4.26. The van der Waals surface area contributed by atoms with Crippen LogP contribution in [0.1, 0.15) is 35.3 Å². The van der Waals surface area contributed by atoms with Crippen LogP contribution in [0.5, 0.6) is 11.5 Å². The number of ether oxygens (including phenoxy) is 1. The monoisotopic (exact) mass is 459 g/mol. The number of rotatable bonds is 1. The van der Waals surface area contributed by atoms with Crippen molar-refractivity contribution >= 4 is 40.7 Å². The summed E-state index contributed by atoms with van der Waals surface area (Å²) in [5, 5.41) is 0. The number of benzene rings is 4. The Hall–Kier alpha value is -3.76. The predicted octanol–water partition coefficient (Wildman–Crippen LogP) is 8.28. The van der Waals surface area contributed by atoms with E-state index in [1.54, 1.807) is 11.8 Å². The maximum absolute atomic E-state index is 13.3. The number of allylic oxidation sites excluding steroid dienone is 1. The van der Waals surface area contributed by atoms with Gasteiger partial charge in [0.2, 0.25) is 0 Å².